The van der Waals surface area contributed by atoms with Crippen molar-refractivity contribution >= 4 is 16.2 Å². The van der Waals surface area contributed by atoms with Gasteiger partial charge in [-0.15, -0.1) is 0 Å². The summed E-state index contributed by atoms with van der Waals surface area (Å²) < 4.78 is 0. The van der Waals surface area contributed by atoms with Crippen molar-refractivity contribution < 1.29 is 5.11 Å². The van der Waals surface area contributed by atoms with Crippen LogP contribution in [-0.4, -0.2) is 5.11 Å². The van der Waals surface area contributed by atoms with Gasteiger partial charge in [0.1, 0.15) is 10.8 Å². The molecule has 3 heteroatoms. The van der Waals surface area contributed by atoms with Crippen LogP contribution < -0.4 is 5.73 Å². The summed E-state index contributed by atoms with van der Waals surface area (Å²) >= 11 is 0. The molecule has 0 spiro atoms. The fourth-order valence-corrected chi connectivity index (χ4v) is 3.05. The third-order valence-corrected chi connectivity index (χ3v) is 3.94. The number of benzene rings is 1. The summed E-state index contributed by atoms with van der Waals surface area (Å²) in [5, 5.41) is 13.9. The molecule has 0 aliphatic rings. The minimum atomic E-state index is -0.0888. The van der Waals surface area contributed by atoms with Gasteiger partial charge < -0.3 is 10.8 Å². The van der Waals surface area contributed by atoms with Crippen LogP contribution in [0.15, 0.2) is 35.0 Å². The Labute approximate surface area is 85.6 Å². The van der Waals surface area contributed by atoms with Gasteiger partial charge in [0.25, 0.3) is 0 Å². The van der Waals surface area contributed by atoms with Gasteiger partial charge in [0.15, 0.2) is 5.75 Å². The molecule has 2 rings (SSSR count). The van der Waals surface area contributed by atoms with Crippen molar-refractivity contribution in [3.05, 3.63) is 40.6 Å². The Kier molecular flexibility index (Phi) is 2.17. The van der Waals surface area contributed by atoms with Crippen LogP contribution in [0, 0.1) is 6.92 Å². The first-order chi connectivity index (χ1) is 6.66. The Bertz CT molecular complexity index is 462. The summed E-state index contributed by atoms with van der Waals surface area (Å²) in [4.78, 5) is 0.937. The zero-order valence-electron chi connectivity index (χ0n) is 7.90. The van der Waals surface area contributed by atoms with Gasteiger partial charge in [-0.3, -0.25) is 0 Å². The van der Waals surface area contributed by atoms with E-state index in [4.69, 9.17) is 5.73 Å². The number of anilines is 1. The van der Waals surface area contributed by atoms with Gasteiger partial charge in [-0.2, -0.15) is 0 Å². The van der Waals surface area contributed by atoms with Crippen LogP contribution >= 0.6 is 10.5 Å². The van der Waals surface area contributed by atoms with Gasteiger partial charge in [-0.25, -0.2) is 0 Å². The summed E-state index contributed by atoms with van der Waals surface area (Å²) in [5.74, 6) is 0.281. The average molecular weight is 206 g/mol. The van der Waals surface area contributed by atoms with E-state index in [0.717, 1.165) is 4.90 Å². The maximum absolute atomic E-state index is 9.70. The quantitative estimate of drug-likeness (QED) is 0.556. The Morgan fingerprint density at radius 2 is 2.07 bits per heavy atom. The monoisotopic (exact) mass is 206 g/mol. The van der Waals surface area contributed by atoms with E-state index in [-0.39, 0.29) is 16.2 Å². The molecule has 0 fully saturated rings. The van der Waals surface area contributed by atoms with Crippen molar-refractivity contribution in [2.24, 2.45) is 0 Å². The predicted octanol–water partition coefficient (Wildman–Crippen LogP) is 3.02. The van der Waals surface area contributed by atoms with Crippen molar-refractivity contribution in [1.82, 2.24) is 0 Å². The number of hydrogen-bond acceptors (Lipinski definition) is 2. The highest BCUT2D eigenvalue weighted by Crippen LogP contribution is 2.38. The number of phenolic OH excluding ortho intramolecular Hbond substituents is 1. The highest BCUT2D eigenvalue weighted by Gasteiger charge is 2.14. The van der Waals surface area contributed by atoms with Crippen LogP contribution in [0.1, 0.15) is 5.56 Å². The van der Waals surface area contributed by atoms with Crippen molar-refractivity contribution in [1.29, 1.82) is 0 Å². The van der Waals surface area contributed by atoms with Gasteiger partial charge in [0.05, 0.1) is 0 Å². The predicted molar refractivity (Wildman–Crippen MR) is 61.1 cm³/mol. The van der Waals surface area contributed by atoms with Gasteiger partial charge in [-0.1, -0.05) is 0 Å². The lowest BCUT2D eigenvalue weighted by Crippen LogP contribution is -1.83. The number of thiophene rings is 1. The number of nitrogen functional groups attached to an aromatic ring is 1. The molecular weight excluding hydrogens is 194 g/mol. The van der Waals surface area contributed by atoms with E-state index in [1.54, 1.807) is 6.07 Å². The molecule has 3 N–H and O–H groups in total. The number of nitrogens with two attached hydrogens (primary N) is 1. The van der Waals surface area contributed by atoms with E-state index < -0.39 is 0 Å². The van der Waals surface area contributed by atoms with Crippen LogP contribution in [0.2, 0.25) is 0 Å². The normalized spacial score (nSPS) is 11.6. The molecule has 0 aliphatic heterocycles. The largest absolute Gasteiger partial charge is 0.503 e. The molecule has 0 radical (unpaired) electrons. The highest BCUT2D eigenvalue weighted by molar-refractivity contribution is 7.37. The summed E-state index contributed by atoms with van der Waals surface area (Å²) in [6, 6.07) is 7.36. The Hall–Kier alpha value is -1.48. The lowest BCUT2D eigenvalue weighted by Gasteiger charge is -1.96. The van der Waals surface area contributed by atoms with Gasteiger partial charge in [0, 0.05) is 33.9 Å². The second kappa shape index (κ2) is 3.35. The van der Waals surface area contributed by atoms with Crippen molar-refractivity contribution in [3.8, 4) is 10.6 Å². The first-order valence-electron chi connectivity index (χ1n) is 4.34. The third kappa shape index (κ3) is 1.59. The Morgan fingerprint density at radius 1 is 1.29 bits per heavy atom. The zero-order chi connectivity index (χ0) is 10.1. The van der Waals surface area contributed by atoms with E-state index in [2.05, 4.69) is 23.8 Å². The smallest absolute Gasteiger partial charge is 0.220 e. The summed E-state index contributed by atoms with van der Waals surface area (Å²) in [7, 11) is -0.0888. The number of phenols is 1. The maximum Gasteiger partial charge on any atom is 0.220 e. The molecule has 1 aromatic carbocycles. The number of aryl methyl sites for hydroxylation is 1. The summed E-state index contributed by atoms with van der Waals surface area (Å²) in [6.45, 7) is 2.05. The average Bonchev–Trinajstić information content (AvgIpc) is 2.51. The van der Waals surface area contributed by atoms with E-state index in [1.165, 1.54) is 5.56 Å². The highest BCUT2D eigenvalue weighted by atomic mass is 32.2. The molecule has 0 bridgehead atoms. The molecule has 1 aromatic heterocycles. The second-order valence-corrected chi connectivity index (χ2v) is 4.95. The zero-order valence-corrected chi connectivity index (χ0v) is 8.71. The standard InChI is InChI=1S/C11H11NOS/c1-8-4-5-14(7-8)11-3-2-9(12)6-10(11)13/h2-7H,12H2,1H3/p+1. The van der Waals surface area contributed by atoms with Gasteiger partial charge in [-0.05, 0) is 19.1 Å². The van der Waals surface area contributed by atoms with Crippen molar-refractivity contribution in [2.45, 2.75) is 6.92 Å². The van der Waals surface area contributed by atoms with Crippen LogP contribution in [0.4, 0.5) is 5.69 Å². The van der Waals surface area contributed by atoms with Gasteiger partial charge >= 0.3 is 0 Å². The van der Waals surface area contributed by atoms with E-state index in [9.17, 15) is 5.11 Å². The lowest BCUT2D eigenvalue weighted by atomic mass is 10.3. The second-order valence-electron chi connectivity index (χ2n) is 3.26. The molecule has 0 amide bonds. The molecule has 0 saturated heterocycles. The minimum absolute atomic E-state index is 0.0888. The minimum Gasteiger partial charge on any atom is -0.503 e. The van der Waals surface area contributed by atoms with E-state index in [0.29, 0.717) is 5.69 Å². The molecule has 72 valence electrons. The first-order valence-corrected chi connectivity index (χ1v) is 5.69. The third-order valence-electron chi connectivity index (χ3n) is 2.03. The van der Waals surface area contributed by atoms with Crippen LogP contribution in [0.3, 0.4) is 0 Å². The Morgan fingerprint density at radius 3 is 2.64 bits per heavy atom. The first kappa shape index (κ1) is 9.09. The van der Waals surface area contributed by atoms with Gasteiger partial charge in [0.2, 0.25) is 4.90 Å². The molecule has 14 heavy (non-hydrogen) atoms. The van der Waals surface area contributed by atoms with Crippen LogP contribution in [0.5, 0.6) is 5.75 Å². The van der Waals surface area contributed by atoms with Crippen molar-refractivity contribution in [2.75, 3.05) is 5.73 Å². The lowest BCUT2D eigenvalue weighted by molar-refractivity contribution is 0.479. The number of rotatable bonds is 1. The van der Waals surface area contributed by atoms with E-state index in [1.807, 2.05) is 12.1 Å². The SMILES string of the molecule is Cc1cc[s+](-c2ccc(N)cc2O)c1. The van der Waals surface area contributed by atoms with Crippen LogP contribution in [0.25, 0.3) is 4.90 Å². The van der Waals surface area contributed by atoms with Crippen LogP contribution in [-0.2, 0) is 0 Å². The summed E-state index contributed by atoms with van der Waals surface area (Å²) in [5.41, 5.74) is 7.40. The molecule has 0 aliphatic carbocycles. The molecule has 1 unspecified atom stereocenters. The summed E-state index contributed by atoms with van der Waals surface area (Å²) in [6.07, 6.45) is 0. The van der Waals surface area contributed by atoms with E-state index >= 15 is 0 Å². The number of hydrogen-bond donors (Lipinski definition) is 2. The fraction of sp³-hybridized carbons (Fsp3) is 0.0909. The Balaban J connectivity index is 2.52. The molecule has 2 aromatic rings. The molecular formula is C11H12NOS+. The number of aromatic hydroxyl groups is 1. The molecule has 1 atom stereocenters. The maximum atomic E-state index is 9.70. The van der Waals surface area contributed by atoms with Crippen molar-refractivity contribution in [3.63, 3.8) is 0 Å². The fourth-order valence-electron chi connectivity index (χ4n) is 1.33. The molecule has 1 heterocycles. The molecule has 0 saturated carbocycles. The molecule has 2 nitrogen and oxygen atoms in total. The topological polar surface area (TPSA) is 46.2 Å².